The second-order valence-corrected chi connectivity index (χ2v) is 7.31. The molecular formula is C22H25BrO3. The van der Waals surface area contributed by atoms with E-state index in [0.29, 0.717) is 12.8 Å². The summed E-state index contributed by atoms with van der Waals surface area (Å²) in [6.07, 6.45) is 4.13. The van der Waals surface area contributed by atoms with Crippen molar-refractivity contribution in [3.8, 4) is 0 Å². The number of alkyl halides is 1. The summed E-state index contributed by atoms with van der Waals surface area (Å²) in [5, 5.41) is 10.3. The minimum atomic E-state index is -1.33. The SMILES string of the molecule is O=C(O)C(=O)C(CCCCCBr)C(Cc1ccccc1)c1ccccc1. The number of carboxylic acids is 1. The van der Waals surface area contributed by atoms with Crippen LogP contribution >= 0.6 is 15.9 Å². The van der Waals surface area contributed by atoms with Crippen molar-refractivity contribution in [2.75, 3.05) is 5.33 Å². The maximum absolute atomic E-state index is 12.5. The van der Waals surface area contributed by atoms with E-state index in [1.54, 1.807) is 0 Å². The minimum absolute atomic E-state index is 0.133. The molecule has 1 N–H and O–H groups in total. The fourth-order valence-corrected chi connectivity index (χ4v) is 3.77. The van der Waals surface area contributed by atoms with Crippen LogP contribution in [0, 0.1) is 5.92 Å². The smallest absolute Gasteiger partial charge is 0.372 e. The first-order valence-corrected chi connectivity index (χ1v) is 10.2. The van der Waals surface area contributed by atoms with Crippen molar-refractivity contribution in [3.63, 3.8) is 0 Å². The fraction of sp³-hybridized carbons (Fsp3) is 0.364. The van der Waals surface area contributed by atoms with Crippen LogP contribution in [0.15, 0.2) is 60.7 Å². The van der Waals surface area contributed by atoms with Gasteiger partial charge in [0.2, 0.25) is 5.78 Å². The molecule has 138 valence electrons. The maximum Gasteiger partial charge on any atom is 0.372 e. The van der Waals surface area contributed by atoms with Gasteiger partial charge in [-0.15, -0.1) is 0 Å². The number of carboxylic acid groups (broad SMARTS) is 1. The van der Waals surface area contributed by atoms with E-state index in [1.807, 2.05) is 60.7 Å². The Morgan fingerprint density at radius 2 is 1.50 bits per heavy atom. The standard InChI is InChI=1S/C22H25BrO3/c23-15-9-3-8-14-19(21(24)22(25)26)20(18-12-6-2-7-13-18)16-17-10-4-1-5-11-17/h1-2,4-7,10-13,19-20H,3,8-9,14-16H2,(H,25,26). The molecule has 0 radical (unpaired) electrons. The lowest BCUT2D eigenvalue weighted by Gasteiger charge is -2.26. The number of rotatable bonds is 11. The summed E-state index contributed by atoms with van der Waals surface area (Å²) in [7, 11) is 0. The maximum atomic E-state index is 12.5. The summed E-state index contributed by atoms with van der Waals surface area (Å²) in [5.74, 6) is -2.64. The van der Waals surface area contributed by atoms with E-state index in [2.05, 4.69) is 15.9 Å². The number of hydrogen-bond donors (Lipinski definition) is 1. The Bertz CT molecular complexity index is 685. The van der Waals surface area contributed by atoms with Crippen molar-refractivity contribution in [1.29, 1.82) is 0 Å². The Labute approximate surface area is 163 Å². The third kappa shape index (κ3) is 6.10. The molecule has 0 aromatic heterocycles. The van der Waals surface area contributed by atoms with Crippen molar-refractivity contribution in [2.45, 2.75) is 38.0 Å². The van der Waals surface area contributed by atoms with E-state index in [9.17, 15) is 14.7 Å². The molecule has 0 aliphatic carbocycles. The van der Waals surface area contributed by atoms with Crippen molar-refractivity contribution in [1.82, 2.24) is 0 Å². The Kier molecular flexibility index (Phi) is 8.56. The molecule has 2 unspecified atom stereocenters. The molecule has 0 aliphatic rings. The highest BCUT2D eigenvalue weighted by Gasteiger charge is 2.33. The van der Waals surface area contributed by atoms with Crippen molar-refractivity contribution in [2.24, 2.45) is 5.92 Å². The van der Waals surface area contributed by atoms with Crippen LogP contribution in [0.1, 0.15) is 42.7 Å². The van der Waals surface area contributed by atoms with Gasteiger partial charge in [-0.05, 0) is 36.3 Å². The molecule has 3 nitrogen and oxygen atoms in total. The molecule has 0 bridgehead atoms. The van der Waals surface area contributed by atoms with Crippen LogP contribution in [0.5, 0.6) is 0 Å². The number of benzene rings is 2. The summed E-state index contributed by atoms with van der Waals surface area (Å²) >= 11 is 3.42. The van der Waals surface area contributed by atoms with Crippen molar-refractivity contribution >= 4 is 27.7 Å². The molecule has 2 aromatic rings. The van der Waals surface area contributed by atoms with Gasteiger partial charge in [0, 0.05) is 11.2 Å². The number of halogens is 1. The molecule has 0 amide bonds. The highest BCUT2D eigenvalue weighted by atomic mass is 79.9. The fourth-order valence-electron chi connectivity index (χ4n) is 3.37. The number of carbonyl (C=O) groups excluding carboxylic acids is 1. The van der Waals surface area contributed by atoms with Crippen LogP contribution in [-0.4, -0.2) is 22.2 Å². The van der Waals surface area contributed by atoms with E-state index >= 15 is 0 Å². The molecular weight excluding hydrogens is 392 g/mol. The Morgan fingerprint density at radius 1 is 0.885 bits per heavy atom. The van der Waals surface area contributed by atoms with Gasteiger partial charge in [-0.1, -0.05) is 89.4 Å². The van der Waals surface area contributed by atoms with Gasteiger partial charge in [0.1, 0.15) is 0 Å². The van der Waals surface area contributed by atoms with Gasteiger partial charge in [-0.3, -0.25) is 4.79 Å². The first kappa shape index (κ1) is 20.4. The van der Waals surface area contributed by atoms with Crippen LogP contribution in [0.3, 0.4) is 0 Å². The number of carbonyl (C=O) groups is 2. The van der Waals surface area contributed by atoms with Crippen molar-refractivity contribution < 1.29 is 14.7 Å². The van der Waals surface area contributed by atoms with Crippen LogP contribution in [-0.2, 0) is 16.0 Å². The van der Waals surface area contributed by atoms with Gasteiger partial charge in [0.25, 0.3) is 0 Å². The molecule has 0 fully saturated rings. The quantitative estimate of drug-likeness (QED) is 0.309. The summed E-state index contributed by atoms with van der Waals surface area (Å²) in [4.78, 5) is 24.0. The Morgan fingerprint density at radius 3 is 2.08 bits per heavy atom. The first-order valence-electron chi connectivity index (χ1n) is 9.05. The molecule has 26 heavy (non-hydrogen) atoms. The van der Waals surface area contributed by atoms with E-state index in [1.165, 1.54) is 0 Å². The molecule has 2 rings (SSSR count). The van der Waals surface area contributed by atoms with Gasteiger partial charge >= 0.3 is 5.97 Å². The van der Waals surface area contributed by atoms with Crippen molar-refractivity contribution in [3.05, 3.63) is 71.8 Å². The molecule has 0 saturated heterocycles. The topological polar surface area (TPSA) is 54.4 Å². The van der Waals surface area contributed by atoms with Gasteiger partial charge in [0.15, 0.2) is 0 Å². The monoisotopic (exact) mass is 416 g/mol. The zero-order valence-electron chi connectivity index (χ0n) is 14.8. The van der Waals surface area contributed by atoms with Crippen LogP contribution < -0.4 is 0 Å². The van der Waals surface area contributed by atoms with E-state index < -0.39 is 17.7 Å². The summed E-state index contributed by atoms with van der Waals surface area (Å²) < 4.78 is 0. The number of ketones is 1. The number of Topliss-reactive ketones (excluding diaryl/α,β-unsaturated/α-hetero) is 1. The van der Waals surface area contributed by atoms with Crippen LogP contribution in [0.25, 0.3) is 0 Å². The highest BCUT2D eigenvalue weighted by Crippen LogP contribution is 2.33. The molecule has 0 spiro atoms. The van der Waals surface area contributed by atoms with Gasteiger partial charge in [-0.25, -0.2) is 4.79 Å². The first-order chi connectivity index (χ1) is 12.6. The predicted octanol–water partition coefficient (Wildman–Crippen LogP) is 5.24. The minimum Gasteiger partial charge on any atom is -0.475 e. The van der Waals surface area contributed by atoms with Gasteiger partial charge < -0.3 is 5.11 Å². The lowest BCUT2D eigenvalue weighted by atomic mass is 9.77. The highest BCUT2D eigenvalue weighted by molar-refractivity contribution is 9.09. The number of aliphatic carboxylic acids is 1. The third-order valence-electron chi connectivity index (χ3n) is 4.71. The lowest BCUT2D eigenvalue weighted by molar-refractivity contribution is -0.151. The number of hydrogen-bond acceptors (Lipinski definition) is 2. The zero-order valence-corrected chi connectivity index (χ0v) is 16.4. The van der Waals surface area contributed by atoms with Gasteiger partial charge in [0.05, 0.1) is 0 Å². The average molecular weight is 417 g/mol. The van der Waals surface area contributed by atoms with E-state index in [-0.39, 0.29) is 5.92 Å². The largest absolute Gasteiger partial charge is 0.475 e. The number of unbranched alkanes of at least 4 members (excludes halogenated alkanes) is 2. The summed E-state index contributed by atoms with van der Waals surface area (Å²) in [6, 6.07) is 19.8. The zero-order chi connectivity index (χ0) is 18.8. The second-order valence-electron chi connectivity index (χ2n) is 6.52. The summed E-state index contributed by atoms with van der Waals surface area (Å²) in [6.45, 7) is 0. The third-order valence-corrected chi connectivity index (χ3v) is 5.27. The molecule has 0 saturated carbocycles. The molecule has 2 aromatic carbocycles. The van der Waals surface area contributed by atoms with E-state index in [0.717, 1.165) is 35.7 Å². The second kappa shape index (κ2) is 10.9. The van der Waals surface area contributed by atoms with E-state index in [4.69, 9.17) is 0 Å². The summed E-state index contributed by atoms with van der Waals surface area (Å²) in [5.41, 5.74) is 2.14. The normalized spacial score (nSPS) is 13.1. The Balaban J connectivity index is 2.30. The molecule has 2 atom stereocenters. The van der Waals surface area contributed by atoms with Crippen LogP contribution in [0.2, 0.25) is 0 Å². The average Bonchev–Trinajstić information content (AvgIpc) is 2.67. The van der Waals surface area contributed by atoms with Crippen LogP contribution in [0.4, 0.5) is 0 Å². The lowest BCUT2D eigenvalue weighted by Crippen LogP contribution is -2.30. The Hall–Kier alpha value is -1.94. The van der Waals surface area contributed by atoms with Gasteiger partial charge in [-0.2, -0.15) is 0 Å². The molecule has 0 aliphatic heterocycles. The molecule has 4 heteroatoms. The molecule has 0 heterocycles. The predicted molar refractivity (Wildman–Crippen MR) is 108 cm³/mol.